The first-order valence-corrected chi connectivity index (χ1v) is 7.61. The zero-order chi connectivity index (χ0) is 16.1. The molecule has 2 fully saturated rings. The van der Waals surface area contributed by atoms with Gasteiger partial charge in [-0.15, -0.1) is 0 Å². The van der Waals surface area contributed by atoms with E-state index < -0.39 is 5.97 Å². The highest BCUT2D eigenvalue weighted by Crippen LogP contribution is 2.65. The van der Waals surface area contributed by atoms with E-state index in [2.05, 4.69) is 19.2 Å². The number of carboxylic acid groups (broad SMARTS) is 1. The molecule has 2 saturated carbocycles. The van der Waals surface area contributed by atoms with E-state index >= 15 is 0 Å². The number of carbonyl (C=O) groups is 2. The molecule has 0 saturated heterocycles. The Kier molecular flexibility index (Phi) is 3.17. The van der Waals surface area contributed by atoms with Crippen molar-refractivity contribution in [1.82, 2.24) is 0 Å². The molecule has 4 nitrogen and oxygen atoms in total. The van der Waals surface area contributed by atoms with Crippen LogP contribution in [0.3, 0.4) is 0 Å². The summed E-state index contributed by atoms with van der Waals surface area (Å²) in [7, 11) is 0. The Bertz CT molecular complexity index is 689. The lowest BCUT2D eigenvalue weighted by atomic mass is 9.70. The van der Waals surface area contributed by atoms with Gasteiger partial charge in [0.1, 0.15) is 0 Å². The molecule has 3 rings (SSSR count). The predicted molar refractivity (Wildman–Crippen MR) is 82.1 cm³/mol. The van der Waals surface area contributed by atoms with Gasteiger partial charge < -0.3 is 15.2 Å². The Balaban J connectivity index is 1.93. The molecule has 2 bridgehead atoms. The number of nitrogens with one attached hydrogen (secondary N) is 1. The minimum atomic E-state index is -1.23. The fourth-order valence-electron chi connectivity index (χ4n) is 4.04. The molecule has 2 aliphatic carbocycles. The summed E-state index contributed by atoms with van der Waals surface area (Å²) in [6.45, 7) is 6.35. The van der Waals surface area contributed by atoms with Gasteiger partial charge in [-0.25, -0.2) is 0 Å². The Morgan fingerprint density at radius 2 is 2.00 bits per heavy atom. The molecule has 116 valence electrons. The van der Waals surface area contributed by atoms with Crippen LogP contribution in [0.15, 0.2) is 36.0 Å². The van der Waals surface area contributed by atoms with E-state index in [1.54, 1.807) is 24.4 Å². The molecule has 0 amide bonds. The largest absolute Gasteiger partial charge is 0.545 e. The van der Waals surface area contributed by atoms with Crippen molar-refractivity contribution in [3.63, 3.8) is 0 Å². The first kappa shape index (κ1) is 14.8. The molecule has 0 aromatic heterocycles. The summed E-state index contributed by atoms with van der Waals surface area (Å²) in [5.41, 5.74) is 0.978. The molecule has 1 aromatic carbocycles. The zero-order valence-electron chi connectivity index (χ0n) is 13.1. The van der Waals surface area contributed by atoms with Crippen LogP contribution in [-0.4, -0.2) is 11.8 Å². The summed E-state index contributed by atoms with van der Waals surface area (Å²) < 4.78 is 0. The molecule has 2 atom stereocenters. The van der Waals surface area contributed by atoms with Gasteiger partial charge in [0.25, 0.3) is 0 Å². The quantitative estimate of drug-likeness (QED) is 0.870. The number of anilines is 1. The Labute approximate surface area is 130 Å². The number of carboxylic acids is 1. The standard InChI is InChI=1S/C18H21NO3/c1-17(2)13-8-9-18(17,3)15(20)12(13)10-19-14-7-5-4-6-11(14)16(21)22/h4-7,10,13,19H,8-9H2,1-3H3,(H,21,22)/p-1/b12-10+/t13-,18+/m1/s1. The second-order valence-electron chi connectivity index (χ2n) is 7.05. The van der Waals surface area contributed by atoms with Crippen LogP contribution in [0.2, 0.25) is 0 Å². The number of carbonyl (C=O) groups excluding carboxylic acids is 2. The van der Waals surface area contributed by atoms with Gasteiger partial charge >= 0.3 is 0 Å². The van der Waals surface area contributed by atoms with E-state index in [-0.39, 0.29) is 28.1 Å². The number of rotatable bonds is 3. The number of ketones is 1. The third kappa shape index (κ3) is 1.83. The number of para-hydroxylation sites is 1. The second-order valence-corrected chi connectivity index (χ2v) is 7.05. The molecule has 1 N–H and O–H groups in total. The summed E-state index contributed by atoms with van der Waals surface area (Å²) in [5, 5.41) is 14.1. The lowest BCUT2D eigenvalue weighted by Gasteiger charge is -2.31. The third-order valence-corrected chi connectivity index (χ3v) is 5.90. The molecular weight excluding hydrogens is 278 g/mol. The number of allylic oxidation sites excluding steroid dienone is 1. The molecular formula is C18H20NO3-. The van der Waals surface area contributed by atoms with Crippen molar-refractivity contribution in [2.24, 2.45) is 16.7 Å². The lowest BCUT2D eigenvalue weighted by Crippen LogP contribution is -2.32. The zero-order valence-corrected chi connectivity index (χ0v) is 13.1. The van der Waals surface area contributed by atoms with E-state index in [9.17, 15) is 14.7 Å². The minimum Gasteiger partial charge on any atom is -0.545 e. The smallest absolute Gasteiger partial charge is 0.167 e. The van der Waals surface area contributed by atoms with Gasteiger partial charge in [-0.05, 0) is 30.2 Å². The summed E-state index contributed by atoms with van der Waals surface area (Å²) in [4.78, 5) is 23.8. The number of fused-ring (bicyclic) bond motifs is 2. The van der Waals surface area contributed by atoms with Crippen LogP contribution in [0.5, 0.6) is 0 Å². The van der Waals surface area contributed by atoms with Crippen LogP contribution in [0.25, 0.3) is 0 Å². The number of aromatic carboxylic acids is 1. The molecule has 0 heterocycles. The first-order chi connectivity index (χ1) is 10.3. The fraction of sp³-hybridized carbons (Fsp3) is 0.444. The number of hydrogen-bond acceptors (Lipinski definition) is 4. The number of benzene rings is 1. The Morgan fingerprint density at radius 1 is 1.32 bits per heavy atom. The third-order valence-electron chi connectivity index (χ3n) is 5.90. The van der Waals surface area contributed by atoms with E-state index in [4.69, 9.17) is 0 Å². The maximum Gasteiger partial charge on any atom is 0.167 e. The molecule has 2 aliphatic rings. The van der Waals surface area contributed by atoms with Crippen molar-refractivity contribution in [3.8, 4) is 0 Å². The van der Waals surface area contributed by atoms with E-state index in [1.165, 1.54) is 6.07 Å². The lowest BCUT2D eigenvalue weighted by molar-refractivity contribution is -0.254. The normalized spacial score (nSPS) is 30.8. The molecule has 22 heavy (non-hydrogen) atoms. The monoisotopic (exact) mass is 298 g/mol. The molecule has 0 radical (unpaired) electrons. The van der Waals surface area contributed by atoms with Crippen LogP contribution in [-0.2, 0) is 4.79 Å². The van der Waals surface area contributed by atoms with Crippen LogP contribution < -0.4 is 10.4 Å². The summed E-state index contributed by atoms with van der Waals surface area (Å²) >= 11 is 0. The van der Waals surface area contributed by atoms with Crippen LogP contribution in [0.1, 0.15) is 44.0 Å². The summed E-state index contributed by atoms with van der Waals surface area (Å²) in [5.74, 6) is -0.812. The van der Waals surface area contributed by atoms with E-state index in [1.807, 2.05) is 6.92 Å². The van der Waals surface area contributed by atoms with Gasteiger partial charge in [0, 0.05) is 28.4 Å². The van der Waals surface area contributed by atoms with Crippen molar-refractivity contribution in [1.29, 1.82) is 0 Å². The van der Waals surface area contributed by atoms with Crippen molar-refractivity contribution >= 4 is 17.4 Å². The molecule has 0 aliphatic heterocycles. The van der Waals surface area contributed by atoms with Gasteiger partial charge in [0.15, 0.2) is 5.78 Å². The average molecular weight is 298 g/mol. The predicted octanol–water partition coefficient (Wildman–Crippen LogP) is 2.37. The minimum absolute atomic E-state index is 0.0501. The molecule has 0 unspecified atom stereocenters. The van der Waals surface area contributed by atoms with Crippen molar-refractivity contribution in [2.75, 3.05) is 5.32 Å². The summed E-state index contributed by atoms with van der Waals surface area (Å²) in [6, 6.07) is 6.56. The van der Waals surface area contributed by atoms with E-state index in [0.717, 1.165) is 18.4 Å². The second kappa shape index (κ2) is 4.70. The van der Waals surface area contributed by atoms with Gasteiger partial charge in [0.2, 0.25) is 0 Å². The van der Waals surface area contributed by atoms with Gasteiger partial charge in [0.05, 0.1) is 5.97 Å². The maximum absolute atomic E-state index is 12.7. The van der Waals surface area contributed by atoms with Crippen molar-refractivity contribution in [2.45, 2.75) is 33.6 Å². The fourth-order valence-corrected chi connectivity index (χ4v) is 4.04. The van der Waals surface area contributed by atoms with Gasteiger partial charge in [-0.1, -0.05) is 39.0 Å². The molecule has 4 heteroatoms. The highest BCUT2D eigenvalue weighted by molar-refractivity contribution is 6.05. The van der Waals surface area contributed by atoms with E-state index in [0.29, 0.717) is 5.69 Å². The average Bonchev–Trinajstić information content (AvgIpc) is 2.78. The number of hydrogen-bond donors (Lipinski definition) is 1. The Hall–Kier alpha value is -2.10. The first-order valence-electron chi connectivity index (χ1n) is 7.61. The highest BCUT2D eigenvalue weighted by atomic mass is 16.4. The SMILES string of the molecule is CC1(C)[C@@H]2CC[C@@]1(C)C(=O)/C2=C/Nc1ccccc1C(=O)[O-]. The van der Waals surface area contributed by atoms with Gasteiger partial charge in [-0.2, -0.15) is 0 Å². The van der Waals surface area contributed by atoms with Crippen molar-refractivity contribution in [3.05, 3.63) is 41.6 Å². The molecule has 1 aromatic rings. The maximum atomic E-state index is 12.7. The van der Waals surface area contributed by atoms with Crippen LogP contribution in [0, 0.1) is 16.7 Å². The van der Waals surface area contributed by atoms with Crippen LogP contribution >= 0.6 is 0 Å². The summed E-state index contributed by atoms with van der Waals surface area (Å²) in [6.07, 6.45) is 3.63. The molecule has 0 spiro atoms. The van der Waals surface area contributed by atoms with Crippen LogP contribution in [0.4, 0.5) is 5.69 Å². The van der Waals surface area contributed by atoms with Crippen molar-refractivity contribution < 1.29 is 14.7 Å². The number of Topliss-reactive ketones (excluding diaryl/α,β-unsaturated/α-hetero) is 1. The highest BCUT2D eigenvalue weighted by Gasteiger charge is 2.63. The Morgan fingerprint density at radius 3 is 2.59 bits per heavy atom. The topological polar surface area (TPSA) is 69.2 Å². The van der Waals surface area contributed by atoms with Gasteiger partial charge in [-0.3, -0.25) is 4.79 Å².